The van der Waals surface area contributed by atoms with E-state index in [1.807, 2.05) is 36.2 Å². The molecule has 0 aliphatic heterocycles. The first kappa shape index (κ1) is 14.8. The van der Waals surface area contributed by atoms with E-state index in [0.717, 1.165) is 11.3 Å². The summed E-state index contributed by atoms with van der Waals surface area (Å²) in [6.07, 6.45) is 1.61. The molecule has 3 rings (SSSR count). The van der Waals surface area contributed by atoms with E-state index in [1.165, 1.54) is 4.57 Å². The molecule has 118 valence electrons. The fourth-order valence-electron chi connectivity index (χ4n) is 2.44. The molecule has 7 heteroatoms. The SMILES string of the molecule is COc1ccc(CN(C)c2nc3cccnc3n2C(N)=O)cc1. The Labute approximate surface area is 133 Å². The van der Waals surface area contributed by atoms with E-state index in [1.54, 1.807) is 25.4 Å². The Morgan fingerprint density at radius 3 is 2.70 bits per heavy atom. The maximum atomic E-state index is 11.8. The van der Waals surface area contributed by atoms with Crippen LogP contribution in [0.1, 0.15) is 5.56 Å². The van der Waals surface area contributed by atoms with Crippen LogP contribution in [-0.2, 0) is 6.54 Å². The van der Waals surface area contributed by atoms with Crippen molar-refractivity contribution < 1.29 is 9.53 Å². The summed E-state index contributed by atoms with van der Waals surface area (Å²) in [4.78, 5) is 22.3. The Morgan fingerprint density at radius 2 is 2.04 bits per heavy atom. The van der Waals surface area contributed by atoms with Gasteiger partial charge in [0, 0.05) is 19.8 Å². The molecule has 1 amide bonds. The minimum absolute atomic E-state index is 0.455. The number of anilines is 1. The van der Waals surface area contributed by atoms with Gasteiger partial charge in [0.1, 0.15) is 11.3 Å². The van der Waals surface area contributed by atoms with Crippen LogP contribution >= 0.6 is 0 Å². The molecule has 2 N–H and O–H groups in total. The van der Waals surface area contributed by atoms with Crippen molar-refractivity contribution in [3.8, 4) is 5.75 Å². The molecule has 23 heavy (non-hydrogen) atoms. The van der Waals surface area contributed by atoms with Crippen molar-refractivity contribution in [2.24, 2.45) is 5.73 Å². The Kier molecular flexibility index (Phi) is 3.84. The third-order valence-corrected chi connectivity index (χ3v) is 3.54. The van der Waals surface area contributed by atoms with Gasteiger partial charge in [0.15, 0.2) is 5.65 Å². The normalized spacial score (nSPS) is 10.7. The summed E-state index contributed by atoms with van der Waals surface area (Å²) in [5.74, 6) is 1.26. The summed E-state index contributed by atoms with van der Waals surface area (Å²) < 4.78 is 6.47. The number of nitrogens with two attached hydrogens (primary N) is 1. The summed E-state index contributed by atoms with van der Waals surface area (Å²) in [6.45, 7) is 0.570. The number of carbonyl (C=O) groups excluding carboxylic acids is 1. The molecule has 0 saturated carbocycles. The summed E-state index contributed by atoms with van der Waals surface area (Å²) >= 11 is 0. The number of nitrogens with zero attached hydrogens (tertiary/aromatic N) is 4. The fraction of sp³-hybridized carbons (Fsp3) is 0.188. The van der Waals surface area contributed by atoms with E-state index in [4.69, 9.17) is 10.5 Å². The maximum Gasteiger partial charge on any atom is 0.327 e. The average molecular weight is 311 g/mol. The van der Waals surface area contributed by atoms with Crippen LogP contribution in [0.15, 0.2) is 42.6 Å². The number of fused-ring (bicyclic) bond motifs is 1. The highest BCUT2D eigenvalue weighted by Gasteiger charge is 2.18. The summed E-state index contributed by atoms with van der Waals surface area (Å²) in [7, 11) is 3.48. The lowest BCUT2D eigenvalue weighted by molar-refractivity contribution is 0.251. The first-order valence-corrected chi connectivity index (χ1v) is 7.07. The zero-order chi connectivity index (χ0) is 16.4. The Bertz CT molecular complexity index is 841. The van der Waals surface area contributed by atoms with Gasteiger partial charge in [-0.2, -0.15) is 0 Å². The van der Waals surface area contributed by atoms with Gasteiger partial charge in [0.2, 0.25) is 5.95 Å². The number of hydrogen-bond acceptors (Lipinski definition) is 5. The molecule has 2 heterocycles. The monoisotopic (exact) mass is 311 g/mol. The molecule has 0 radical (unpaired) electrons. The molecule has 7 nitrogen and oxygen atoms in total. The molecular formula is C16H17N5O2. The second-order valence-electron chi connectivity index (χ2n) is 5.14. The number of carbonyl (C=O) groups is 1. The van der Waals surface area contributed by atoms with E-state index < -0.39 is 6.03 Å². The lowest BCUT2D eigenvalue weighted by Gasteiger charge is -2.18. The molecule has 0 bridgehead atoms. The van der Waals surface area contributed by atoms with E-state index in [0.29, 0.717) is 23.7 Å². The van der Waals surface area contributed by atoms with Crippen molar-refractivity contribution >= 4 is 23.1 Å². The number of rotatable bonds is 4. The van der Waals surface area contributed by atoms with Gasteiger partial charge in [-0.3, -0.25) is 0 Å². The van der Waals surface area contributed by atoms with Gasteiger partial charge >= 0.3 is 6.03 Å². The van der Waals surface area contributed by atoms with Crippen LogP contribution in [0.5, 0.6) is 5.75 Å². The summed E-state index contributed by atoms with van der Waals surface area (Å²) in [6, 6.07) is 10.7. The summed E-state index contributed by atoms with van der Waals surface area (Å²) in [5, 5.41) is 0. The number of hydrogen-bond donors (Lipinski definition) is 1. The number of imidazole rings is 1. The Morgan fingerprint density at radius 1 is 1.30 bits per heavy atom. The number of pyridine rings is 1. The lowest BCUT2D eigenvalue weighted by atomic mass is 10.2. The van der Waals surface area contributed by atoms with Gasteiger partial charge in [-0.15, -0.1) is 0 Å². The molecule has 1 aromatic carbocycles. The molecule has 0 saturated heterocycles. The second kappa shape index (κ2) is 5.96. The molecule has 0 fully saturated rings. The predicted molar refractivity (Wildman–Crippen MR) is 87.6 cm³/mol. The van der Waals surface area contributed by atoms with Crippen molar-refractivity contribution in [2.75, 3.05) is 19.1 Å². The van der Waals surface area contributed by atoms with Crippen LogP contribution in [0.4, 0.5) is 10.7 Å². The average Bonchev–Trinajstić information content (AvgIpc) is 2.95. The van der Waals surface area contributed by atoms with Gasteiger partial charge < -0.3 is 15.4 Å². The smallest absolute Gasteiger partial charge is 0.327 e. The van der Waals surface area contributed by atoms with Gasteiger partial charge in [0.05, 0.1) is 7.11 Å². The first-order chi connectivity index (χ1) is 11.1. The van der Waals surface area contributed by atoms with E-state index in [2.05, 4.69) is 9.97 Å². The predicted octanol–water partition coefficient (Wildman–Crippen LogP) is 2.00. The molecule has 2 aromatic heterocycles. The third kappa shape index (κ3) is 2.80. The van der Waals surface area contributed by atoms with Crippen LogP contribution in [0, 0.1) is 0 Å². The largest absolute Gasteiger partial charge is 0.497 e. The minimum atomic E-state index is -0.609. The topological polar surface area (TPSA) is 86.3 Å². The quantitative estimate of drug-likeness (QED) is 0.796. The molecule has 0 aliphatic carbocycles. The molecular weight excluding hydrogens is 294 g/mol. The molecule has 3 aromatic rings. The van der Waals surface area contributed by atoms with Gasteiger partial charge in [0.25, 0.3) is 0 Å². The van der Waals surface area contributed by atoms with Gasteiger partial charge in [-0.25, -0.2) is 19.3 Å². The zero-order valence-electron chi connectivity index (χ0n) is 12.9. The Balaban J connectivity index is 1.95. The number of primary amides is 1. The van der Waals surface area contributed by atoms with Gasteiger partial charge in [-0.05, 0) is 29.8 Å². The molecule has 0 spiro atoms. The first-order valence-electron chi connectivity index (χ1n) is 7.07. The number of aromatic nitrogens is 3. The standard InChI is InChI=1S/C16H17N5O2/c1-20(10-11-5-7-12(23-2)8-6-11)16-19-13-4-3-9-18-14(13)21(16)15(17)22/h3-9H,10H2,1-2H3,(H2,17,22). The highest BCUT2D eigenvalue weighted by molar-refractivity contribution is 5.90. The number of ether oxygens (including phenoxy) is 1. The third-order valence-electron chi connectivity index (χ3n) is 3.54. The number of methoxy groups -OCH3 is 1. The van der Waals surface area contributed by atoms with Crippen molar-refractivity contribution in [2.45, 2.75) is 6.54 Å². The lowest BCUT2D eigenvalue weighted by Crippen LogP contribution is -2.27. The van der Waals surface area contributed by atoms with Gasteiger partial charge in [-0.1, -0.05) is 12.1 Å². The van der Waals surface area contributed by atoms with Crippen LogP contribution < -0.4 is 15.4 Å². The van der Waals surface area contributed by atoms with Crippen molar-refractivity contribution in [1.82, 2.24) is 14.5 Å². The van der Waals surface area contributed by atoms with Crippen LogP contribution in [-0.4, -0.2) is 34.7 Å². The molecule has 0 atom stereocenters. The molecule has 0 aliphatic rings. The van der Waals surface area contributed by atoms with Crippen LogP contribution in [0.25, 0.3) is 11.2 Å². The summed E-state index contributed by atoms with van der Waals surface area (Å²) in [5.41, 5.74) is 7.64. The van der Waals surface area contributed by atoms with Crippen LogP contribution in [0.2, 0.25) is 0 Å². The maximum absolute atomic E-state index is 11.8. The van der Waals surface area contributed by atoms with Crippen LogP contribution in [0.3, 0.4) is 0 Å². The highest BCUT2D eigenvalue weighted by atomic mass is 16.5. The number of benzene rings is 1. The molecule has 0 unspecified atom stereocenters. The van der Waals surface area contributed by atoms with E-state index in [9.17, 15) is 4.79 Å². The van der Waals surface area contributed by atoms with E-state index >= 15 is 0 Å². The fourth-order valence-corrected chi connectivity index (χ4v) is 2.44. The second-order valence-corrected chi connectivity index (χ2v) is 5.14. The Hall–Kier alpha value is -3.09. The minimum Gasteiger partial charge on any atom is -0.497 e. The van der Waals surface area contributed by atoms with E-state index in [-0.39, 0.29) is 0 Å². The number of amides is 1. The van der Waals surface area contributed by atoms with Crippen molar-refractivity contribution in [3.63, 3.8) is 0 Å². The highest BCUT2D eigenvalue weighted by Crippen LogP contribution is 2.21. The zero-order valence-corrected chi connectivity index (χ0v) is 12.9. The van der Waals surface area contributed by atoms with Crippen molar-refractivity contribution in [3.05, 3.63) is 48.2 Å². The van der Waals surface area contributed by atoms with Crippen molar-refractivity contribution in [1.29, 1.82) is 0 Å².